The number of ether oxygens (including phenoxy) is 4. The first-order valence-electron chi connectivity index (χ1n) is 23.0. The molecule has 2 aromatic heterocycles. The third kappa shape index (κ3) is 16.7. The van der Waals surface area contributed by atoms with Gasteiger partial charge in [-0.3, -0.25) is 20.0 Å². The van der Waals surface area contributed by atoms with Gasteiger partial charge in [0.25, 0.3) is 0 Å². The van der Waals surface area contributed by atoms with Gasteiger partial charge in [-0.2, -0.15) is 5.11 Å². The summed E-state index contributed by atoms with van der Waals surface area (Å²) in [7, 11) is 0. The summed E-state index contributed by atoms with van der Waals surface area (Å²) in [6.45, 7) is 8.92. The Morgan fingerprint density at radius 1 is 0.750 bits per heavy atom. The van der Waals surface area contributed by atoms with Crippen molar-refractivity contribution in [2.45, 2.75) is 57.1 Å². The van der Waals surface area contributed by atoms with Gasteiger partial charge < -0.3 is 24.7 Å². The van der Waals surface area contributed by atoms with Gasteiger partial charge in [-0.1, -0.05) is 144 Å². The van der Waals surface area contributed by atoms with Crippen molar-refractivity contribution < 1.29 is 18.9 Å². The standard InChI is InChI=1S/C54H60N10O4/c1-43(32-57-53(46-21-11-4-12-22-46)41-65-39-49-37-63(61-59-49)35-44-17-7-2-8-18-44)25-27-51(31-55)67-29-15-6-16-30-68-52-28-26-48(56-34-52)33-58-54(47-23-13-5-14-24-47)42-66-40-50-38-64(62-60-50)36-45-19-9-3-10-20-45/h2-5,7-14,17-28,31-34,37,50,53-54H,1,6,15-16,29-30,35-36,38-42,55H2/b27-25-,51-31+,57-32?,58-33?/t50?,53-,54-/m0/s1. The fourth-order valence-electron chi connectivity index (χ4n) is 7.13. The molecule has 1 aliphatic rings. The van der Waals surface area contributed by atoms with E-state index in [-0.39, 0.29) is 18.1 Å². The normalized spacial score (nSPS) is 14.9. The first-order valence-corrected chi connectivity index (χ1v) is 23.0. The first kappa shape index (κ1) is 48.4. The van der Waals surface area contributed by atoms with Crippen molar-refractivity contribution in [3.63, 3.8) is 0 Å². The highest BCUT2D eigenvalue weighted by atomic mass is 16.5. The summed E-state index contributed by atoms with van der Waals surface area (Å²) in [5.74, 6) is 1.26. The summed E-state index contributed by atoms with van der Waals surface area (Å²) in [5, 5.41) is 19.3. The van der Waals surface area contributed by atoms with Crippen LogP contribution >= 0.6 is 0 Å². The number of allylic oxidation sites excluding steroid dienone is 3. The van der Waals surface area contributed by atoms with Gasteiger partial charge in [-0.15, -0.1) is 5.10 Å². The summed E-state index contributed by atoms with van der Waals surface area (Å²) >= 11 is 0. The van der Waals surface area contributed by atoms with Crippen molar-refractivity contribution in [1.29, 1.82) is 0 Å². The lowest BCUT2D eigenvalue weighted by atomic mass is 10.1. The number of aliphatic imine (C=N–C) groups is 2. The quantitative estimate of drug-likeness (QED) is 0.0219. The number of rotatable bonds is 28. The molecule has 14 nitrogen and oxygen atoms in total. The van der Waals surface area contributed by atoms with Gasteiger partial charge in [0.1, 0.15) is 23.2 Å². The second-order valence-electron chi connectivity index (χ2n) is 16.2. The maximum Gasteiger partial charge on any atom is 0.137 e. The van der Waals surface area contributed by atoms with Gasteiger partial charge in [-0.05, 0) is 65.3 Å². The average Bonchev–Trinajstić information content (AvgIpc) is 4.04. The predicted octanol–water partition coefficient (Wildman–Crippen LogP) is 9.66. The van der Waals surface area contributed by atoms with E-state index in [4.69, 9.17) is 34.7 Å². The number of aromatic nitrogens is 4. The highest BCUT2D eigenvalue weighted by Crippen LogP contribution is 2.21. The van der Waals surface area contributed by atoms with Crippen LogP contribution in [0.2, 0.25) is 0 Å². The molecule has 7 rings (SSSR count). The summed E-state index contributed by atoms with van der Waals surface area (Å²) in [4.78, 5) is 14.2. The molecule has 0 saturated carbocycles. The van der Waals surface area contributed by atoms with E-state index >= 15 is 0 Å². The smallest absolute Gasteiger partial charge is 0.137 e. The van der Waals surface area contributed by atoms with Crippen LogP contribution < -0.4 is 10.5 Å². The zero-order chi connectivity index (χ0) is 46.9. The molecule has 4 aromatic carbocycles. The lowest BCUT2D eigenvalue weighted by Gasteiger charge is -2.16. The molecule has 6 aromatic rings. The van der Waals surface area contributed by atoms with Crippen molar-refractivity contribution in [1.82, 2.24) is 25.0 Å². The molecule has 0 amide bonds. The Bertz CT molecular complexity index is 2530. The number of pyridine rings is 1. The van der Waals surface area contributed by atoms with Crippen LogP contribution in [0.3, 0.4) is 0 Å². The van der Waals surface area contributed by atoms with Crippen LogP contribution in [-0.4, -0.2) is 83.0 Å². The highest BCUT2D eigenvalue weighted by molar-refractivity contribution is 5.81. The number of hydrogen-bond acceptors (Lipinski definition) is 13. The first-order chi connectivity index (χ1) is 33.6. The molecule has 0 bridgehead atoms. The molecule has 0 fully saturated rings. The van der Waals surface area contributed by atoms with Crippen molar-refractivity contribution >= 4 is 12.4 Å². The average molecular weight is 913 g/mol. The molecule has 1 aliphatic heterocycles. The summed E-state index contributed by atoms with van der Waals surface area (Å²) < 4.78 is 25.9. The Labute approximate surface area is 399 Å². The van der Waals surface area contributed by atoms with Gasteiger partial charge in [0.15, 0.2) is 0 Å². The molecule has 0 aliphatic carbocycles. The molecular weight excluding hydrogens is 853 g/mol. The Morgan fingerprint density at radius 3 is 2.10 bits per heavy atom. The molecule has 0 saturated heterocycles. The van der Waals surface area contributed by atoms with Gasteiger partial charge in [0.2, 0.25) is 0 Å². The lowest BCUT2D eigenvalue weighted by molar-refractivity contribution is 0.106. The maximum atomic E-state index is 6.14. The Hall–Kier alpha value is -7.55. The Kier molecular flexibility index (Phi) is 19.3. The predicted molar refractivity (Wildman–Crippen MR) is 266 cm³/mol. The van der Waals surface area contributed by atoms with Crippen molar-refractivity contribution in [2.24, 2.45) is 26.1 Å². The second kappa shape index (κ2) is 27.2. The van der Waals surface area contributed by atoms with E-state index in [9.17, 15) is 0 Å². The van der Waals surface area contributed by atoms with Gasteiger partial charge in [0.05, 0.1) is 89.4 Å². The molecule has 68 heavy (non-hydrogen) atoms. The molecule has 3 atom stereocenters. The van der Waals surface area contributed by atoms with E-state index in [1.807, 2.05) is 119 Å². The summed E-state index contributed by atoms with van der Waals surface area (Å²) in [6, 6.07) is 44.0. The van der Waals surface area contributed by atoms with Crippen LogP contribution in [0.25, 0.3) is 0 Å². The van der Waals surface area contributed by atoms with Gasteiger partial charge in [-0.25, -0.2) is 4.68 Å². The van der Waals surface area contributed by atoms with Crippen LogP contribution in [0.1, 0.15) is 65.0 Å². The molecule has 1 unspecified atom stereocenters. The number of benzene rings is 4. The van der Waals surface area contributed by atoms with Crippen molar-refractivity contribution in [3.05, 3.63) is 216 Å². The summed E-state index contributed by atoms with van der Waals surface area (Å²) in [6.07, 6.45) is 14.9. The number of nitrogens with zero attached hydrogens (tertiary/aromatic N) is 9. The fourth-order valence-corrected chi connectivity index (χ4v) is 7.13. The molecule has 0 radical (unpaired) electrons. The third-order valence-electron chi connectivity index (χ3n) is 10.7. The van der Waals surface area contributed by atoms with Gasteiger partial charge >= 0.3 is 0 Å². The number of nitrogens with two attached hydrogens (primary N) is 1. The number of hydrogen-bond donors (Lipinski definition) is 1. The molecule has 0 spiro atoms. The highest BCUT2D eigenvalue weighted by Gasteiger charge is 2.21. The minimum absolute atomic E-state index is 0.0133. The van der Waals surface area contributed by atoms with E-state index in [0.717, 1.165) is 60.4 Å². The van der Waals surface area contributed by atoms with Crippen LogP contribution in [0.15, 0.2) is 202 Å². The zero-order valence-electron chi connectivity index (χ0n) is 38.4. The molecule has 2 N–H and O–H groups in total. The van der Waals surface area contributed by atoms with E-state index in [1.54, 1.807) is 24.7 Å². The largest absolute Gasteiger partial charge is 0.492 e. The zero-order valence-corrected chi connectivity index (χ0v) is 38.4. The van der Waals surface area contributed by atoms with E-state index < -0.39 is 0 Å². The topological polar surface area (TPSA) is 159 Å². The monoisotopic (exact) mass is 912 g/mol. The Balaban J connectivity index is 0.772. The molecule has 14 heteroatoms. The summed E-state index contributed by atoms with van der Waals surface area (Å²) in [5.41, 5.74) is 12.5. The van der Waals surface area contributed by atoms with E-state index in [1.165, 1.54) is 11.8 Å². The third-order valence-corrected chi connectivity index (χ3v) is 10.7. The Morgan fingerprint density at radius 2 is 1.41 bits per heavy atom. The molecular formula is C54H60N10O4. The maximum absolute atomic E-state index is 6.14. The van der Waals surface area contributed by atoms with Crippen molar-refractivity contribution in [3.8, 4) is 5.75 Å². The van der Waals surface area contributed by atoms with Crippen LogP contribution in [-0.2, 0) is 33.9 Å². The van der Waals surface area contributed by atoms with Crippen molar-refractivity contribution in [2.75, 3.05) is 39.6 Å². The second-order valence-corrected chi connectivity index (χ2v) is 16.2. The van der Waals surface area contributed by atoms with Crippen LogP contribution in [0.4, 0.5) is 0 Å². The van der Waals surface area contributed by atoms with E-state index in [0.29, 0.717) is 63.3 Å². The van der Waals surface area contributed by atoms with E-state index in [2.05, 4.69) is 68.6 Å². The van der Waals surface area contributed by atoms with Crippen LogP contribution in [0, 0.1) is 0 Å². The molecule has 3 heterocycles. The SMILES string of the molecule is C=C(C=N[C@@H](COCc1cn(Cc2ccccc2)nn1)c1ccccc1)/C=C\C(=C/N)OCCCCCOc1ccc(C=N[C@@H](COCC2CN(Cc3ccccc3)N=N2)c2ccccc2)nc1. The minimum atomic E-state index is -0.231. The van der Waals surface area contributed by atoms with Crippen LogP contribution in [0.5, 0.6) is 5.75 Å². The number of unbranched alkanes of at least 4 members (excludes halogenated alkanes) is 2. The lowest BCUT2D eigenvalue weighted by Crippen LogP contribution is -2.25. The minimum Gasteiger partial charge on any atom is -0.492 e. The fraction of sp³-hybridized carbons (Fsp3) is 0.278. The molecule has 350 valence electrons. The van der Waals surface area contributed by atoms with Gasteiger partial charge in [0, 0.05) is 18.6 Å².